The SMILES string of the molecule is O=C(N[C@@H](c1ccccc1)c1cccs1)c1ccc(OC(F)F)cc1. The van der Waals surface area contributed by atoms with Gasteiger partial charge in [0.05, 0.1) is 6.04 Å². The fourth-order valence-corrected chi connectivity index (χ4v) is 3.22. The molecule has 1 N–H and O–H groups in total. The first-order valence-corrected chi connectivity index (χ1v) is 8.45. The van der Waals surface area contributed by atoms with E-state index in [1.807, 2.05) is 47.8 Å². The highest BCUT2D eigenvalue weighted by Crippen LogP contribution is 2.26. The van der Waals surface area contributed by atoms with Crippen molar-refractivity contribution >= 4 is 17.2 Å². The van der Waals surface area contributed by atoms with E-state index in [-0.39, 0.29) is 17.7 Å². The van der Waals surface area contributed by atoms with Crippen LogP contribution in [0.15, 0.2) is 72.1 Å². The molecule has 2 aromatic carbocycles. The summed E-state index contributed by atoms with van der Waals surface area (Å²) in [5.41, 5.74) is 1.34. The Morgan fingerprint density at radius 3 is 2.28 bits per heavy atom. The Kier molecular flexibility index (Phi) is 5.40. The number of nitrogens with one attached hydrogen (secondary N) is 1. The van der Waals surface area contributed by atoms with E-state index in [1.165, 1.54) is 24.3 Å². The fourth-order valence-electron chi connectivity index (χ4n) is 2.42. The molecule has 3 nitrogen and oxygen atoms in total. The van der Waals surface area contributed by atoms with Crippen molar-refractivity contribution in [2.75, 3.05) is 0 Å². The molecule has 0 fully saturated rings. The second kappa shape index (κ2) is 7.90. The van der Waals surface area contributed by atoms with Gasteiger partial charge in [-0.15, -0.1) is 11.3 Å². The Morgan fingerprint density at radius 1 is 0.960 bits per heavy atom. The summed E-state index contributed by atoms with van der Waals surface area (Å²) in [6, 6.07) is 18.9. The fraction of sp³-hybridized carbons (Fsp3) is 0.105. The molecule has 25 heavy (non-hydrogen) atoms. The first-order valence-electron chi connectivity index (χ1n) is 7.57. The average Bonchev–Trinajstić information content (AvgIpc) is 3.14. The van der Waals surface area contributed by atoms with Crippen LogP contribution in [0.5, 0.6) is 5.75 Å². The predicted molar refractivity (Wildman–Crippen MR) is 93.1 cm³/mol. The predicted octanol–water partition coefficient (Wildman–Crippen LogP) is 4.87. The van der Waals surface area contributed by atoms with Crippen LogP contribution in [0.4, 0.5) is 8.78 Å². The van der Waals surface area contributed by atoms with Gasteiger partial charge in [0.2, 0.25) is 0 Å². The number of alkyl halides is 2. The van der Waals surface area contributed by atoms with Gasteiger partial charge in [-0.25, -0.2) is 0 Å². The number of rotatable bonds is 6. The first kappa shape index (κ1) is 17.1. The van der Waals surface area contributed by atoms with Crippen molar-refractivity contribution in [3.63, 3.8) is 0 Å². The largest absolute Gasteiger partial charge is 0.435 e. The number of benzene rings is 2. The molecule has 1 atom stereocenters. The number of thiophene rings is 1. The Hall–Kier alpha value is -2.73. The van der Waals surface area contributed by atoms with E-state index in [4.69, 9.17) is 0 Å². The van der Waals surface area contributed by atoms with Crippen LogP contribution in [0.2, 0.25) is 0 Å². The van der Waals surface area contributed by atoms with E-state index in [0.29, 0.717) is 5.56 Å². The maximum Gasteiger partial charge on any atom is 0.387 e. The standard InChI is InChI=1S/C19H15F2NO2S/c20-19(21)24-15-10-8-14(9-11-15)18(23)22-17(16-7-4-12-25-16)13-5-2-1-3-6-13/h1-12,17,19H,(H,22,23)/t17-/m0/s1. The molecule has 1 aromatic heterocycles. The number of hydrogen-bond acceptors (Lipinski definition) is 3. The molecule has 3 rings (SSSR count). The van der Waals surface area contributed by atoms with Gasteiger partial charge in [-0.05, 0) is 41.3 Å². The van der Waals surface area contributed by atoms with Gasteiger partial charge in [0.25, 0.3) is 5.91 Å². The van der Waals surface area contributed by atoms with Crippen molar-refractivity contribution in [3.05, 3.63) is 88.1 Å². The van der Waals surface area contributed by atoms with Crippen LogP contribution in [-0.2, 0) is 0 Å². The zero-order valence-corrected chi connectivity index (χ0v) is 13.9. The van der Waals surface area contributed by atoms with E-state index in [1.54, 1.807) is 11.3 Å². The van der Waals surface area contributed by atoms with Gasteiger partial charge in [0.15, 0.2) is 0 Å². The molecule has 1 amide bonds. The van der Waals surface area contributed by atoms with E-state index < -0.39 is 6.61 Å². The molecule has 0 aliphatic heterocycles. The monoisotopic (exact) mass is 359 g/mol. The summed E-state index contributed by atoms with van der Waals surface area (Å²) >= 11 is 1.55. The molecule has 0 spiro atoms. The molecule has 0 aliphatic carbocycles. The van der Waals surface area contributed by atoms with Crippen LogP contribution in [0.3, 0.4) is 0 Å². The Labute approximate surface area is 147 Å². The van der Waals surface area contributed by atoms with Gasteiger partial charge in [-0.2, -0.15) is 8.78 Å². The molecule has 0 unspecified atom stereocenters. The maximum atomic E-state index is 12.6. The van der Waals surface area contributed by atoms with Gasteiger partial charge in [-0.1, -0.05) is 36.4 Å². The Bertz CT molecular complexity index is 805. The lowest BCUT2D eigenvalue weighted by atomic mass is 10.0. The van der Waals surface area contributed by atoms with Crippen LogP contribution in [0, 0.1) is 0 Å². The van der Waals surface area contributed by atoms with Crippen LogP contribution in [0.25, 0.3) is 0 Å². The second-order valence-corrected chi connectivity index (χ2v) is 6.21. The highest BCUT2D eigenvalue weighted by molar-refractivity contribution is 7.10. The van der Waals surface area contributed by atoms with E-state index >= 15 is 0 Å². The third-order valence-corrected chi connectivity index (χ3v) is 4.51. The topological polar surface area (TPSA) is 38.3 Å². The van der Waals surface area contributed by atoms with Crippen molar-refractivity contribution in [1.82, 2.24) is 5.32 Å². The van der Waals surface area contributed by atoms with Crippen molar-refractivity contribution in [3.8, 4) is 5.75 Å². The van der Waals surface area contributed by atoms with Crippen LogP contribution >= 0.6 is 11.3 Å². The molecular formula is C19H15F2NO2S. The minimum atomic E-state index is -2.89. The second-order valence-electron chi connectivity index (χ2n) is 5.24. The number of halogens is 2. The molecule has 1 heterocycles. The maximum absolute atomic E-state index is 12.6. The normalized spacial score (nSPS) is 12.0. The van der Waals surface area contributed by atoms with Gasteiger partial charge < -0.3 is 10.1 Å². The van der Waals surface area contributed by atoms with Crippen LogP contribution < -0.4 is 10.1 Å². The van der Waals surface area contributed by atoms with Crippen LogP contribution in [0.1, 0.15) is 26.8 Å². The summed E-state index contributed by atoms with van der Waals surface area (Å²) in [4.78, 5) is 13.6. The third kappa shape index (κ3) is 4.42. The Balaban J connectivity index is 1.79. The number of amides is 1. The zero-order valence-electron chi connectivity index (χ0n) is 13.1. The summed E-state index contributed by atoms with van der Waals surface area (Å²) in [6.45, 7) is -2.89. The molecule has 0 radical (unpaired) electrons. The highest BCUT2D eigenvalue weighted by atomic mass is 32.1. The van der Waals surface area contributed by atoms with E-state index in [9.17, 15) is 13.6 Å². The molecule has 0 aliphatic rings. The lowest BCUT2D eigenvalue weighted by Gasteiger charge is -2.18. The zero-order chi connectivity index (χ0) is 17.6. The summed E-state index contributed by atoms with van der Waals surface area (Å²) in [7, 11) is 0. The van der Waals surface area contributed by atoms with Gasteiger partial charge in [0, 0.05) is 10.4 Å². The molecule has 128 valence electrons. The smallest absolute Gasteiger partial charge is 0.387 e. The number of carbonyl (C=O) groups is 1. The number of hydrogen-bond donors (Lipinski definition) is 1. The van der Waals surface area contributed by atoms with Crippen molar-refractivity contribution in [2.24, 2.45) is 0 Å². The molecule has 6 heteroatoms. The molecule has 0 saturated heterocycles. The van der Waals surface area contributed by atoms with Gasteiger partial charge >= 0.3 is 6.61 Å². The summed E-state index contributed by atoms with van der Waals surface area (Å²) in [6.07, 6.45) is 0. The van der Waals surface area contributed by atoms with Gasteiger partial charge in [0.1, 0.15) is 5.75 Å². The molecule has 0 bridgehead atoms. The highest BCUT2D eigenvalue weighted by Gasteiger charge is 2.18. The minimum Gasteiger partial charge on any atom is -0.435 e. The molecule has 3 aromatic rings. The number of ether oxygens (including phenoxy) is 1. The van der Waals surface area contributed by atoms with E-state index in [0.717, 1.165) is 10.4 Å². The summed E-state index contributed by atoms with van der Waals surface area (Å²) < 4.78 is 28.7. The summed E-state index contributed by atoms with van der Waals surface area (Å²) in [5.74, 6) is -0.268. The molecular weight excluding hydrogens is 344 g/mol. The minimum absolute atomic E-state index is 0.0180. The van der Waals surface area contributed by atoms with Crippen molar-refractivity contribution in [1.29, 1.82) is 0 Å². The summed E-state index contributed by atoms with van der Waals surface area (Å²) in [5, 5.41) is 4.95. The van der Waals surface area contributed by atoms with Crippen LogP contribution in [-0.4, -0.2) is 12.5 Å². The lowest BCUT2D eigenvalue weighted by Crippen LogP contribution is -2.28. The Morgan fingerprint density at radius 2 is 1.68 bits per heavy atom. The van der Waals surface area contributed by atoms with Crippen molar-refractivity contribution in [2.45, 2.75) is 12.7 Å². The van der Waals surface area contributed by atoms with Gasteiger partial charge in [-0.3, -0.25) is 4.79 Å². The lowest BCUT2D eigenvalue weighted by molar-refractivity contribution is -0.0498. The van der Waals surface area contributed by atoms with Crippen molar-refractivity contribution < 1.29 is 18.3 Å². The van der Waals surface area contributed by atoms with E-state index in [2.05, 4.69) is 10.1 Å². The quantitative estimate of drug-likeness (QED) is 0.682. The third-order valence-electron chi connectivity index (χ3n) is 3.58. The molecule has 0 saturated carbocycles. The first-order chi connectivity index (χ1) is 12.1. The number of carbonyl (C=O) groups excluding carboxylic acids is 1. The average molecular weight is 359 g/mol.